The molecule has 1 unspecified atom stereocenters. The minimum absolute atomic E-state index is 0.0550. The Morgan fingerprint density at radius 3 is 3.04 bits per heavy atom. The van der Waals surface area contributed by atoms with E-state index in [-0.39, 0.29) is 11.4 Å². The number of aromatic nitrogens is 2. The van der Waals surface area contributed by atoms with Gasteiger partial charge in [0.1, 0.15) is 11.6 Å². The summed E-state index contributed by atoms with van der Waals surface area (Å²) >= 11 is 0. The van der Waals surface area contributed by atoms with Gasteiger partial charge in [0.25, 0.3) is 0 Å². The third kappa shape index (κ3) is 3.18. The van der Waals surface area contributed by atoms with Crippen molar-refractivity contribution in [2.75, 3.05) is 26.7 Å². The first-order chi connectivity index (χ1) is 11.6. The van der Waals surface area contributed by atoms with Crippen molar-refractivity contribution in [3.63, 3.8) is 0 Å². The van der Waals surface area contributed by atoms with Gasteiger partial charge in [0.15, 0.2) is 0 Å². The lowest BCUT2D eigenvalue weighted by atomic mass is 9.82. The van der Waals surface area contributed by atoms with Crippen LogP contribution in [-0.4, -0.2) is 53.3 Å². The standard InChI is InChI=1S/C18H25FN4O/c1-23(12-17-21-15-3-2-13(19)10-16(15)22-17)14-4-9-24-18(11-14)5-7-20-8-6-18/h2-3,10,14,20H,4-9,11-12H2,1H3,(H,21,22). The van der Waals surface area contributed by atoms with Crippen molar-refractivity contribution in [2.45, 2.75) is 43.9 Å². The highest BCUT2D eigenvalue weighted by Gasteiger charge is 2.39. The van der Waals surface area contributed by atoms with Gasteiger partial charge < -0.3 is 15.0 Å². The van der Waals surface area contributed by atoms with Gasteiger partial charge in [0.2, 0.25) is 0 Å². The molecule has 5 nitrogen and oxygen atoms in total. The average molecular weight is 332 g/mol. The van der Waals surface area contributed by atoms with E-state index in [1.165, 1.54) is 12.1 Å². The van der Waals surface area contributed by atoms with Gasteiger partial charge >= 0.3 is 0 Å². The molecule has 0 bridgehead atoms. The zero-order valence-electron chi connectivity index (χ0n) is 14.1. The van der Waals surface area contributed by atoms with Crippen LogP contribution in [0.2, 0.25) is 0 Å². The van der Waals surface area contributed by atoms with E-state index in [0.29, 0.717) is 6.04 Å². The van der Waals surface area contributed by atoms with Gasteiger partial charge in [-0.2, -0.15) is 0 Å². The molecular weight excluding hydrogens is 307 g/mol. The van der Waals surface area contributed by atoms with Crippen LogP contribution in [0.4, 0.5) is 4.39 Å². The van der Waals surface area contributed by atoms with E-state index in [1.807, 2.05) is 0 Å². The molecule has 1 atom stereocenters. The summed E-state index contributed by atoms with van der Waals surface area (Å²) < 4.78 is 19.5. The minimum atomic E-state index is -0.233. The van der Waals surface area contributed by atoms with E-state index in [1.54, 1.807) is 6.07 Å². The number of rotatable bonds is 3. The predicted octanol–water partition coefficient (Wildman–Crippen LogP) is 2.44. The summed E-state index contributed by atoms with van der Waals surface area (Å²) in [5.41, 5.74) is 1.64. The summed E-state index contributed by atoms with van der Waals surface area (Å²) in [4.78, 5) is 10.2. The van der Waals surface area contributed by atoms with Crippen LogP contribution in [0.25, 0.3) is 11.0 Å². The first kappa shape index (κ1) is 16.0. The molecule has 24 heavy (non-hydrogen) atoms. The molecule has 2 aromatic rings. The van der Waals surface area contributed by atoms with Gasteiger partial charge in [-0.15, -0.1) is 0 Å². The van der Waals surface area contributed by atoms with Gasteiger partial charge in [0.05, 0.1) is 23.2 Å². The molecule has 2 fully saturated rings. The Bertz CT molecular complexity index is 705. The molecule has 1 spiro atoms. The Morgan fingerprint density at radius 2 is 2.21 bits per heavy atom. The smallest absolute Gasteiger partial charge is 0.125 e. The van der Waals surface area contributed by atoms with Crippen LogP contribution in [0, 0.1) is 5.82 Å². The Kier molecular flexibility index (Phi) is 4.28. The third-order valence-corrected chi connectivity index (χ3v) is 5.50. The Balaban J connectivity index is 1.45. The average Bonchev–Trinajstić information content (AvgIpc) is 2.97. The first-order valence-corrected chi connectivity index (χ1v) is 8.83. The number of aromatic amines is 1. The highest BCUT2D eigenvalue weighted by molar-refractivity contribution is 5.74. The molecule has 0 amide bonds. The van der Waals surface area contributed by atoms with E-state index in [0.717, 1.165) is 68.8 Å². The summed E-state index contributed by atoms with van der Waals surface area (Å²) in [5.74, 6) is 0.660. The Hall–Kier alpha value is -1.50. The van der Waals surface area contributed by atoms with Gasteiger partial charge in [0, 0.05) is 12.6 Å². The fraction of sp³-hybridized carbons (Fsp3) is 0.611. The number of ether oxygens (including phenoxy) is 1. The third-order valence-electron chi connectivity index (χ3n) is 5.50. The molecule has 2 N–H and O–H groups in total. The molecule has 1 aromatic heterocycles. The van der Waals surface area contributed by atoms with Crippen LogP contribution in [0.1, 0.15) is 31.5 Å². The van der Waals surface area contributed by atoms with E-state index >= 15 is 0 Å². The Morgan fingerprint density at radius 1 is 1.38 bits per heavy atom. The summed E-state index contributed by atoms with van der Waals surface area (Å²) in [6.07, 6.45) is 4.34. The van der Waals surface area contributed by atoms with E-state index in [2.05, 4.69) is 27.2 Å². The van der Waals surface area contributed by atoms with Crippen molar-refractivity contribution in [1.82, 2.24) is 20.2 Å². The molecule has 2 saturated heterocycles. The number of piperidine rings is 1. The number of nitrogens with zero attached hydrogens (tertiary/aromatic N) is 2. The van der Waals surface area contributed by atoms with Gasteiger partial charge in [-0.1, -0.05) is 0 Å². The quantitative estimate of drug-likeness (QED) is 0.906. The van der Waals surface area contributed by atoms with Crippen molar-refractivity contribution in [3.05, 3.63) is 29.8 Å². The van der Waals surface area contributed by atoms with Crippen molar-refractivity contribution in [1.29, 1.82) is 0 Å². The molecule has 2 aliphatic rings. The maximum Gasteiger partial charge on any atom is 0.125 e. The van der Waals surface area contributed by atoms with Gasteiger partial charge in [-0.25, -0.2) is 9.37 Å². The lowest BCUT2D eigenvalue weighted by Crippen LogP contribution is -2.52. The molecule has 0 radical (unpaired) electrons. The maximum atomic E-state index is 13.3. The second-order valence-electron chi connectivity index (χ2n) is 7.19. The number of imidazole rings is 1. The number of fused-ring (bicyclic) bond motifs is 1. The number of hydrogen-bond acceptors (Lipinski definition) is 4. The second kappa shape index (κ2) is 6.43. The van der Waals surface area contributed by atoms with E-state index in [4.69, 9.17) is 4.74 Å². The van der Waals surface area contributed by atoms with Crippen LogP contribution in [0.3, 0.4) is 0 Å². The lowest BCUT2D eigenvalue weighted by molar-refractivity contribution is -0.119. The summed E-state index contributed by atoms with van der Waals surface area (Å²) in [7, 11) is 2.15. The van der Waals surface area contributed by atoms with Crippen LogP contribution in [-0.2, 0) is 11.3 Å². The topological polar surface area (TPSA) is 53.2 Å². The van der Waals surface area contributed by atoms with Crippen molar-refractivity contribution in [3.8, 4) is 0 Å². The van der Waals surface area contributed by atoms with Gasteiger partial charge in [-0.3, -0.25) is 4.90 Å². The zero-order valence-corrected chi connectivity index (χ0v) is 14.1. The second-order valence-corrected chi connectivity index (χ2v) is 7.19. The SMILES string of the molecule is CN(Cc1nc2ccc(F)cc2[nH]1)C1CCOC2(CCNCC2)C1. The highest BCUT2D eigenvalue weighted by atomic mass is 19.1. The molecule has 3 heterocycles. The highest BCUT2D eigenvalue weighted by Crippen LogP contribution is 2.35. The van der Waals surface area contributed by atoms with Crippen LogP contribution in [0.5, 0.6) is 0 Å². The molecule has 0 saturated carbocycles. The monoisotopic (exact) mass is 332 g/mol. The minimum Gasteiger partial charge on any atom is -0.375 e. The molecule has 2 aliphatic heterocycles. The normalized spacial score (nSPS) is 24.0. The maximum absolute atomic E-state index is 13.3. The molecular formula is C18H25FN4O. The van der Waals surface area contributed by atoms with Gasteiger partial charge in [-0.05, 0) is 64.0 Å². The van der Waals surface area contributed by atoms with Crippen molar-refractivity contribution >= 4 is 11.0 Å². The molecule has 6 heteroatoms. The van der Waals surface area contributed by atoms with Crippen LogP contribution < -0.4 is 5.32 Å². The number of H-pyrrole nitrogens is 1. The predicted molar refractivity (Wildman–Crippen MR) is 91.3 cm³/mol. The van der Waals surface area contributed by atoms with Crippen molar-refractivity contribution < 1.29 is 9.13 Å². The van der Waals surface area contributed by atoms with E-state index in [9.17, 15) is 4.39 Å². The largest absolute Gasteiger partial charge is 0.375 e. The fourth-order valence-electron chi connectivity index (χ4n) is 4.08. The summed E-state index contributed by atoms with van der Waals surface area (Å²) in [5, 5.41) is 3.42. The van der Waals surface area contributed by atoms with E-state index < -0.39 is 0 Å². The number of benzene rings is 1. The summed E-state index contributed by atoms with van der Waals surface area (Å²) in [6, 6.07) is 5.19. The zero-order chi connectivity index (χ0) is 16.6. The fourth-order valence-corrected chi connectivity index (χ4v) is 4.08. The number of nitrogens with one attached hydrogen (secondary N) is 2. The molecule has 4 rings (SSSR count). The molecule has 0 aliphatic carbocycles. The van der Waals surface area contributed by atoms with Crippen LogP contribution in [0.15, 0.2) is 18.2 Å². The summed E-state index contributed by atoms with van der Waals surface area (Å²) in [6.45, 7) is 3.67. The first-order valence-electron chi connectivity index (χ1n) is 8.83. The number of hydrogen-bond donors (Lipinski definition) is 2. The van der Waals surface area contributed by atoms with Crippen LogP contribution >= 0.6 is 0 Å². The molecule has 1 aromatic carbocycles. The van der Waals surface area contributed by atoms with Crippen molar-refractivity contribution in [2.24, 2.45) is 0 Å². The Labute approximate surface area is 141 Å². The number of halogens is 1. The molecule has 130 valence electrons. The lowest BCUT2D eigenvalue weighted by Gasteiger charge is -2.45.